The van der Waals surface area contributed by atoms with Gasteiger partial charge in [0.05, 0.1) is 0 Å². The molecule has 0 aliphatic carbocycles. The highest BCUT2D eigenvalue weighted by molar-refractivity contribution is 5.78. The molecular formula is C11H15NO. The summed E-state index contributed by atoms with van der Waals surface area (Å²) in [5.41, 5.74) is 1.19. The second-order valence-electron chi connectivity index (χ2n) is 3.14. The molecule has 0 unspecified atom stereocenters. The third kappa shape index (κ3) is 3.83. The molecule has 0 bridgehead atoms. The molecule has 1 aromatic heterocycles. The van der Waals surface area contributed by atoms with Crippen LogP contribution in [0.25, 0.3) is 0 Å². The van der Waals surface area contributed by atoms with E-state index in [1.165, 1.54) is 5.56 Å². The van der Waals surface area contributed by atoms with Gasteiger partial charge in [-0.15, -0.1) is 0 Å². The summed E-state index contributed by atoms with van der Waals surface area (Å²) in [4.78, 5) is 15.1. The molecule has 0 N–H and O–H groups in total. The standard InChI is InChI=1S/C11H15NO/c1-2-3-11(13)5-4-10-6-8-12-9-7-10/h6-9H,2-5H2,1H3. The van der Waals surface area contributed by atoms with Crippen LogP contribution in [0.15, 0.2) is 24.5 Å². The van der Waals surface area contributed by atoms with Gasteiger partial charge in [-0.05, 0) is 30.5 Å². The lowest BCUT2D eigenvalue weighted by Gasteiger charge is -1.99. The molecule has 13 heavy (non-hydrogen) atoms. The number of ketones is 1. The minimum Gasteiger partial charge on any atom is -0.300 e. The van der Waals surface area contributed by atoms with Crippen LogP contribution in [0, 0.1) is 0 Å². The molecule has 1 rings (SSSR count). The van der Waals surface area contributed by atoms with E-state index in [-0.39, 0.29) is 0 Å². The van der Waals surface area contributed by atoms with Crippen molar-refractivity contribution in [3.05, 3.63) is 30.1 Å². The van der Waals surface area contributed by atoms with Crippen molar-refractivity contribution in [2.45, 2.75) is 32.6 Å². The summed E-state index contributed by atoms with van der Waals surface area (Å²) >= 11 is 0. The van der Waals surface area contributed by atoms with Crippen LogP contribution in [0.5, 0.6) is 0 Å². The largest absolute Gasteiger partial charge is 0.300 e. The smallest absolute Gasteiger partial charge is 0.133 e. The number of nitrogens with zero attached hydrogens (tertiary/aromatic N) is 1. The molecule has 0 amide bonds. The molecule has 2 nitrogen and oxygen atoms in total. The Bertz CT molecular complexity index is 256. The molecular weight excluding hydrogens is 162 g/mol. The number of carbonyl (C=O) groups excluding carboxylic acids is 1. The first-order valence-corrected chi connectivity index (χ1v) is 4.73. The SMILES string of the molecule is CCCC(=O)CCc1ccncc1. The Morgan fingerprint density at radius 2 is 2.00 bits per heavy atom. The zero-order chi connectivity index (χ0) is 9.52. The molecule has 0 aliphatic rings. The van der Waals surface area contributed by atoms with Crippen molar-refractivity contribution >= 4 is 5.78 Å². The Balaban J connectivity index is 2.31. The van der Waals surface area contributed by atoms with Crippen molar-refractivity contribution in [2.24, 2.45) is 0 Å². The van der Waals surface area contributed by atoms with Crippen molar-refractivity contribution < 1.29 is 4.79 Å². The second kappa shape index (κ2) is 5.46. The predicted molar refractivity (Wildman–Crippen MR) is 52.5 cm³/mol. The van der Waals surface area contributed by atoms with Gasteiger partial charge in [0.2, 0.25) is 0 Å². The molecule has 0 saturated heterocycles. The van der Waals surface area contributed by atoms with Crippen LogP contribution in [0.2, 0.25) is 0 Å². The van der Waals surface area contributed by atoms with E-state index in [9.17, 15) is 4.79 Å². The summed E-state index contributed by atoms with van der Waals surface area (Å²) in [6.45, 7) is 2.03. The average Bonchev–Trinajstić information content (AvgIpc) is 2.17. The van der Waals surface area contributed by atoms with E-state index in [0.717, 1.165) is 12.8 Å². The van der Waals surface area contributed by atoms with Crippen LogP contribution < -0.4 is 0 Å². The number of Topliss-reactive ketones (excluding diaryl/α,β-unsaturated/α-hetero) is 1. The van der Waals surface area contributed by atoms with E-state index in [0.29, 0.717) is 18.6 Å². The summed E-state index contributed by atoms with van der Waals surface area (Å²) in [5.74, 6) is 0.360. The highest BCUT2D eigenvalue weighted by atomic mass is 16.1. The Kier molecular flexibility index (Phi) is 4.16. The monoisotopic (exact) mass is 177 g/mol. The van der Waals surface area contributed by atoms with Crippen molar-refractivity contribution in [2.75, 3.05) is 0 Å². The van der Waals surface area contributed by atoms with E-state index >= 15 is 0 Å². The van der Waals surface area contributed by atoms with Crippen molar-refractivity contribution in [3.63, 3.8) is 0 Å². The maximum atomic E-state index is 11.2. The van der Waals surface area contributed by atoms with Gasteiger partial charge in [-0.3, -0.25) is 9.78 Å². The maximum Gasteiger partial charge on any atom is 0.133 e. The van der Waals surface area contributed by atoms with Crippen LogP contribution in [-0.4, -0.2) is 10.8 Å². The van der Waals surface area contributed by atoms with Gasteiger partial charge in [-0.25, -0.2) is 0 Å². The lowest BCUT2D eigenvalue weighted by atomic mass is 10.1. The molecule has 0 spiro atoms. The zero-order valence-electron chi connectivity index (χ0n) is 7.99. The van der Waals surface area contributed by atoms with Crippen LogP contribution >= 0.6 is 0 Å². The van der Waals surface area contributed by atoms with E-state index < -0.39 is 0 Å². The van der Waals surface area contributed by atoms with Crippen molar-refractivity contribution in [1.29, 1.82) is 0 Å². The van der Waals surface area contributed by atoms with Crippen LogP contribution in [0.4, 0.5) is 0 Å². The third-order valence-electron chi connectivity index (χ3n) is 1.97. The molecule has 0 fully saturated rings. The topological polar surface area (TPSA) is 30.0 Å². The van der Waals surface area contributed by atoms with Gasteiger partial charge in [-0.2, -0.15) is 0 Å². The first-order chi connectivity index (χ1) is 6.33. The van der Waals surface area contributed by atoms with Crippen molar-refractivity contribution in [3.8, 4) is 0 Å². The fourth-order valence-corrected chi connectivity index (χ4v) is 1.24. The number of aryl methyl sites for hydroxylation is 1. The predicted octanol–water partition coefficient (Wildman–Crippen LogP) is 2.38. The number of carbonyl (C=O) groups is 1. The molecule has 0 atom stereocenters. The Hall–Kier alpha value is -1.18. The maximum absolute atomic E-state index is 11.2. The van der Waals surface area contributed by atoms with Gasteiger partial charge in [-0.1, -0.05) is 6.92 Å². The average molecular weight is 177 g/mol. The number of hydrogen-bond acceptors (Lipinski definition) is 2. The number of aromatic nitrogens is 1. The summed E-state index contributed by atoms with van der Waals surface area (Å²) in [7, 11) is 0. The fraction of sp³-hybridized carbons (Fsp3) is 0.455. The van der Waals surface area contributed by atoms with E-state index in [1.54, 1.807) is 12.4 Å². The first-order valence-electron chi connectivity index (χ1n) is 4.73. The van der Waals surface area contributed by atoms with Gasteiger partial charge >= 0.3 is 0 Å². The third-order valence-corrected chi connectivity index (χ3v) is 1.97. The van der Waals surface area contributed by atoms with Gasteiger partial charge in [0.1, 0.15) is 5.78 Å². The summed E-state index contributed by atoms with van der Waals surface area (Å²) < 4.78 is 0. The molecule has 2 heteroatoms. The normalized spacial score (nSPS) is 9.92. The summed E-state index contributed by atoms with van der Waals surface area (Å²) in [6, 6.07) is 3.92. The molecule has 0 saturated carbocycles. The Morgan fingerprint density at radius 3 is 2.62 bits per heavy atom. The quantitative estimate of drug-likeness (QED) is 0.691. The van der Waals surface area contributed by atoms with E-state index in [4.69, 9.17) is 0 Å². The zero-order valence-corrected chi connectivity index (χ0v) is 7.99. The lowest BCUT2D eigenvalue weighted by Crippen LogP contribution is -1.99. The molecule has 0 aliphatic heterocycles. The summed E-state index contributed by atoms with van der Waals surface area (Å²) in [6.07, 6.45) is 6.71. The minimum absolute atomic E-state index is 0.360. The molecule has 0 aromatic carbocycles. The van der Waals surface area contributed by atoms with Gasteiger partial charge in [0.25, 0.3) is 0 Å². The van der Waals surface area contributed by atoms with Crippen LogP contribution in [-0.2, 0) is 11.2 Å². The Labute approximate surface area is 79.0 Å². The highest BCUT2D eigenvalue weighted by Crippen LogP contribution is 2.03. The molecule has 1 heterocycles. The summed E-state index contributed by atoms with van der Waals surface area (Å²) in [5, 5.41) is 0. The van der Waals surface area contributed by atoms with Crippen LogP contribution in [0.1, 0.15) is 31.7 Å². The van der Waals surface area contributed by atoms with Gasteiger partial charge < -0.3 is 0 Å². The van der Waals surface area contributed by atoms with Gasteiger partial charge in [0, 0.05) is 25.2 Å². The van der Waals surface area contributed by atoms with E-state index in [2.05, 4.69) is 4.98 Å². The minimum atomic E-state index is 0.360. The lowest BCUT2D eigenvalue weighted by molar-refractivity contribution is -0.119. The second-order valence-corrected chi connectivity index (χ2v) is 3.14. The molecule has 0 radical (unpaired) electrons. The van der Waals surface area contributed by atoms with E-state index in [1.807, 2.05) is 19.1 Å². The number of hydrogen-bond donors (Lipinski definition) is 0. The number of pyridine rings is 1. The first kappa shape index (κ1) is 9.90. The number of rotatable bonds is 5. The Morgan fingerprint density at radius 1 is 1.31 bits per heavy atom. The molecule has 70 valence electrons. The van der Waals surface area contributed by atoms with Crippen LogP contribution in [0.3, 0.4) is 0 Å². The van der Waals surface area contributed by atoms with Gasteiger partial charge in [0.15, 0.2) is 0 Å². The highest BCUT2D eigenvalue weighted by Gasteiger charge is 2.00. The molecule has 1 aromatic rings. The fourth-order valence-electron chi connectivity index (χ4n) is 1.24. The van der Waals surface area contributed by atoms with Crippen molar-refractivity contribution in [1.82, 2.24) is 4.98 Å².